The van der Waals surface area contributed by atoms with Crippen molar-refractivity contribution in [3.63, 3.8) is 0 Å². The first-order valence-corrected chi connectivity index (χ1v) is 13.0. The van der Waals surface area contributed by atoms with E-state index in [0.717, 1.165) is 37.0 Å². The van der Waals surface area contributed by atoms with Crippen molar-refractivity contribution in [3.8, 4) is 11.5 Å². The van der Waals surface area contributed by atoms with E-state index >= 15 is 0 Å². The van der Waals surface area contributed by atoms with E-state index in [1.54, 1.807) is 30.2 Å². The standard InChI is InChI=1S/C27H34Cl2N2O4/c1-3-25(27(33)30-21-7-4-5-8-21)31(18-19-10-11-20(28)17-24(19)29)26(32)9-6-16-35-23-14-12-22(34-2)13-15-23/h10-15,17,21,25H,3-9,16,18H2,1-2H3,(H,30,33). The van der Waals surface area contributed by atoms with Crippen molar-refractivity contribution in [2.75, 3.05) is 13.7 Å². The van der Waals surface area contributed by atoms with Crippen molar-refractivity contribution in [1.82, 2.24) is 10.2 Å². The van der Waals surface area contributed by atoms with Gasteiger partial charge in [0, 0.05) is 29.1 Å². The second-order valence-corrected chi connectivity index (χ2v) is 9.64. The van der Waals surface area contributed by atoms with E-state index in [1.165, 1.54) is 0 Å². The normalized spacial score (nSPS) is 14.4. The van der Waals surface area contributed by atoms with E-state index in [-0.39, 0.29) is 30.8 Å². The molecule has 35 heavy (non-hydrogen) atoms. The smallest absolute Gasteiger partial charge is 0.243 e. The molecule has 6 nitrogen and oxygen atoms in total. The molecule has 1 aliphatic carbocycles. The number of amides is 2. The van der Waals surface area contributed by atoms with Gasteiger partial charge >= 0.3 is 0 Å². The van der Waals surface area contributed by atoms with Gasteiger partial charge in [0.1, 0.15) is 17.5 Å². The Morgan fingerprint density at radius 2 is 1.77 bits per heavy atom. The molecule has 0 bridgehead atoms. The van der Waals surface area contributed by atoms with Crippen LogP contribution < -0.4 is 14.8 Å². The number of nitrogens with zero attached hydrogens (tertiary/aromatic N) is 1. The molecule has 2 aromatic carbocycles. The highest BCUT2D eigenvalue weighted by Gasteiger charge is 2.30. The molecule has 1 unspecified atom stereocenters. The van der Waals surface area contributed by atoms with E-state index in [4.69, 9.17) is 32.7 Å². The summed E-state index contributed by atoms with van der Waals surface area (Å²) in [4.78, 5) is 28.2. The van der Waals surface area contributed by atoms with Crippen LogP contribution in [0.2, 0.25) is 10.0 Å². The summed E-state index contributed by atoms with van der Waals surface area (Å²) >= 11 is 12.5. The summed E-state index contributed by atoms with van der Waals surface area (Å²) < 4.78 is 10.9. The number of hydrogen-bond acceptors (Lipinski definition) is 4. The Hall–Kier alpha value is -2.44. The highest BCUT2D eigenvalue weighted by Crippen LogP contribution is 2.25. The molecule has 1 saturated carbocycles. The Morgan fingerprint density at radius 3 is 2.40 bits per heavy atom. The number of hydrogen-bond donors (Lipinski definition) is 1. The fraction of sp³-hybridized carbons (Fsp3) is 0.481. The van der Waals surface area contributed by atoms with Crippen molar-refractivity contribution in [2.24, 2.45) is 0 Å². The number of rotatable bonds is 12. The maximum Gasteiger partial charge on any atom is 0.243 e. The third-order valence-electron chi connectivity index (χ3n) is 6.31. The van der Waals surface area contributed by atoms with Gasteiger partial charge in [0.2, 0.25) is 11.8 Å². The predicted octanol–water partition coefficient (Wildman–Crippen LogP) is 6.03. The number of carbonyl (C=O) groups excluding carboxylic acids is 2. The average Bonchev–Trinajstić information content (AvgIpc) is 3.36. The lowest BCUT2D eigenvalue weighted by Crippen LogP contribution is -2.51. The first kappa shape index (κ1) is 27.2. The van der Waals surface area contributed by atoms with Gasteiger partial charge in [0.15, 0.2) is 0 Å². The molecule has 0 aromatic heterocycles. The Morgan fingerprint density at radius 1 is 1.09 bits per heavy atom. The molecule has 0 aliphatic heterocycles. The van der Waals surface area contributed by atoms with Gasteiger partial charge < -0.3 is 19.7 Å². The molecule has 8 heteroatoms. The number of ether oxygens (including phenoxy) is 2. The fourth-order valence-electron chi connectivity index (χ4n) is 4.35. The molecule has 1 aliphatic rings. The fourth-order valence-corrected chi connectivity index (χ4v) is 4.82. The lowest BCUT2D eigenvalue weighted by Gasteiger charge is -2.32. The third-order valence-corrected chi connectivity index (χ3v) is 6.89. The topological polar surface area (TPSA) is 67.9 Å². The Balaban J connectivity index is 1.66. The molecule has 190 valence electrons. The summed E-state index contributed by atoms with van der Waals surface area (Å²) in [7, 11) is 1.61. The van der Waals surface area contributed by atoms with Crippen molar-refractivity contribution in [1.29, 1.82) is 0 Å². The number of halogens is 2. The van der Waals surface area contributed by atoms with Gasteiger partial charge in [-0.25, -0.2) is 0 Å². The Kier molecular flexibility index (Phi) is 10.5. The quantitative estimate of drug-likeness (QED) is 0.347. The molecule has 1 N–H and O–H groups in total. The average molecular weight is 521 g/mol. The molecular weight excluding hydrogens is 487 g/mol. The Labute approximate surface area is 217 Å². The lowest BCUT2D eigenvalue weighted by atomic mass is 10.1. The summed E-state index contributed by atoms with van der Waals surface area (Å²) in [5.74, 6) is 1.26. The lowest BCUT2D eigenvalue weighted by molar-refractivity contribution is -0.141. The van der Waals surface area contributed by atoms with Crippen LogP contribution in [-0.4, -0.2) is 42.5 Å². The minimum Gasteiger partial charge on any atom is -0.497 e. The molecule has 2 amide bonds. The van der Waals surface area contributed by atoms with Crippen LogP contribution >= 0.6 is 23.2 Å². The minimum absolute atomic E-state index is 0.104. The zero-order chi connectivity index (χ0) is 25.2. The van der Waals surface area contributed by atoms with Gasteiger partial charge in [-0.05, 0) is 67.6 Å². The number of nitrogens with one attached hydrogen (secondary N) is 1. The van der Waals surface area contributed by atoms with Crippen LogP contribution in [0.3, 0.4) is 0 Å². The van der Waals surface area contributed by atoms with Crippen LogP contribution in [0.15, 0.2) is 42.5 Å². The van der Waals surface area contributed by atoms with Gasteiger partial charge in [-0.2, -0.15) is 0 Å². The van der Waals surface area contributed by atoms with E-state index in [2.05, 4.69) is 5.32 Å². The maximum absolute atomic E-state index is 13.4. The van der Waals surface area contributed by atoms with E-state index < -0.39 is 6.04 Å². The highest BCUT2D eigenvalue weighted by molar-refractivity contribution is 6.35. The molecule has 1 fully saturated rings. The first-order valence-electron chi connectivity index (χ1n) is 12.2. The maximum atomic E-state index is 13.4. The largest absolute Gasteiger partial charge is 0.497 e. The zero-order valence-corrected chi connectivity index (χ0v) is 21.9. The summed E-state index contributed by atoms with van der Waals surface area (Å²) in [5, 5.41) is 4.15. The van der Waals surface area contributed by atoms with Crippen molar-refractivity contribution in [2.45, 2.75) is 70.5 Å². The molecule has 0 saturated heterocycles. The highest BCUT2D eigenvalue weighted by atomic mass is 35.5. The van der Waals surface area contributed by atoms with E-state index in [9.17, 15) is 9.59 Å². The van der Waals surface area contributed by atoms with E-state index in [0.29, 0.717) is 35.2 Å². The molecule has 0 heterocycles. The molecular formula is C27H34Cl2N2O4. The molecule has 1 atom stereocenters. The first-order chi connectivity index (χ1) is 16.9. The summed E-state index contributed by atoms with van der Waals surface area (Å²) in [5.41, 5.74) is 0.756. The third kappa shape index (κ3) is 8.04. The summed E-state index contributed by atoms with van der Waals surface area (Å²) in [6, 6.07) is 12.1. The van der Waals surface area contributed by atoms with Crippen molar-refractivity contribution < 1.29 is 19.1 Å². The van der Waals surface area contributed by atoms with Crippen LogP contribution in [0.4, 0.5) is 0 Å². The van der Waals surface area contributed by atoms with Gasteiger partial charge in [0.05, 0.1) is 13.7 Å². The van der Waals surface area contributed by atoms with Crippen LogP contribution in [0.5, 0.6) is 11.5 Å². The zero-order valence-electron chi connectivity index (χ0n) is 20.4. The number of carbonyl (C=O) groups is 2. The summed E-state index contributed by atoms with van der Waals surface area (Å²) in [6.45, 7) is 2.55. The Bertz CT molecular complexity index is 978. The van der Waals surface area contributed by atoms with Gasteiger partial charge in [-0.15, -0.1) is 0 Å². The second-order valence-electron chi connectivity index (χ2n) is 8.80. The predicted molar refractivity (Wildman–Crippen MR) is 139 cm³/mol. The molecule has 0 spiro atoms. The monoisotopic (exact) mass is 520 g/mol. The van der Waals surface area contributed by atoms with Crippen LogP contribution in [0, 0.1) is 0 Å². The number of benzene rings is 2. The van der Waals surface area contributed by atoms with Crippen LogP contribution in [-0.2, 0) is 16.1 Å². The number of methoxy groups -OCH3 is 1. The van der Waals surface area contributed by atoms with Gasteiger partial charge in [-0.3, -0.25) is 9.59 Å². The molecule has 2 aromatic rings. The minimum atomic E-state index is -0.572. The van der Waals surface area contributed by atoms with Crippen LogP contribution in [0.25, 0.3) is 0 Å². The van der Waals surface area contributed by atoms with Gasteiger partial charge in [-0.1, -0.05) is 49.0 Å². The SMILES string of the molecule is CCC(C(=O)NC1CCCC1)N(Cc1ccc(Cl)cc1Cl)C(=O)CCCOc1ccc(OC)cc1. The van der Waals surface area contributed by atoms with Crippen molar-refractivity contribution >= 4 is 35.0 Å². The molecule has 0 radical (unpaired) electrons. The van der Waals surface area contributed by atoms with Crippen LogP contribution in [0.1, 0.15) is 57.4 Å². The molecule has 3 rings (SSSR count). The second kappa shape index (κ2) is 13.6. The van der Waals surface area contributed by atoms with Crippen molar-refractivity contribution in [3.05, 3.63) is 58.1 Å². The van der Waals surface area contributed by atoms with E-state index in [1.807, 2.05) is 31.2 Å². The van der Waals surface area contributed by atoms with Gasteiger partial charge in [0.25, 0.3) is 0 Å². The summed E-state index contributed by atoms with van der Waals surface area (Å²) in [6.07, 6.45) is 5.52.